The first-order valence-corrected chi connectivity index (χ1v) is 6.55. The Hall–Kier alpha value is -1.14. The van der Waals surface area contributed by atoms with Crippen molar-refractivity contribution in [2.45, 2.75) is 31.2 Å². The van der Waals surface area contributed by atoms with Crippen LogP contribution in [0.15, 0.2) is 24.3 Å². The molecule has 4 rings (SSSR count). The number of nitrogens with zero attached hydrogens (tertiary/aromatic N) is 1. The molecule has 3 aliphatic heterocycles. The van der Waals surface area contributed by atoms with Gasteiger partial charge in [0.2, 0.25) is 0 Å². The molecule has 0 bridgehead atoms. The Morgan fingerprint density at radius 3 is 2.95 bits per heavy atom. The molecule has 102 valence electrons. The number of hydrogen-bond acceptors (Lipinski definition) is 5. The molecule has 3 saturated heterocycles. The average molecular weight is 263 g/mol. The smallest absolute Gasteiger partial charge is 0.148 e. The predicted molar refractivity (Wildman–Crippen MR) is 66.5 cm³/mol. The Morgan fingerprint density at radius 2 is 2.11 bits per heavy atom. The van der Waals surface area contributed by atoms with Crippen LogP contribution >= 0.6 is 0 Å². The SMILES string of the molecule is COc1cccc([C@@]2(C)O[C@H]3CO[C@H]4CO[C@@H]2N43)c1. The van der Waals surface area contributed by atoms with E-state index in [0.29, 0.717) is 13.2 Å². The topological polar surface area (TPSA) is 40.2 Å². The van der Waals surface area contributed by atoms with Crippen molar-refractivity contribution in [1.82, 2.24) is 4.90 Å². The summed E-state index contributed by atoms with van der Waals surface area (Å²) >= 11 is 0. The Morgan fingerprint density at radius 1 is 1.26 bits per heavy atom. The zero-order valence-electron chi connectivity index (χ0n) is 11.0. The van der Waals surface area contributed by atoms with Crippen molar-refractivity contribution in [1.29, 1.82) is 0 Å². The van der Waals surface area contributed by atoms with Gasteiger partial charge in [-0.05, 0) is 24.6 Å². The maximum absolute atomic E-state index is 6.21. The molecule has 0 radical (unpaired) electrons. The molecule has 4 atom stereocenters. The summed E-state index contributed by atoms with van der Waals surface area (Å²) in [6, 6.07) is 7.99. The summed E-state index contributed by atoms with van der Waals surface area (Å²) in [6.45, 7) is 3.31. The van der Waals surface area contributed by atoms with E-state index in [2.05, 4.69) is 17.9 Å². The molecule has 0 saturated carbocycles. The summed E-state index contributed by atoms with van der Waals surface area (Å²) in [6.07, 6.45) is -0.0479. The first kappa shape index (κ1) is 11.7. The van der Waals surface area contributed by atoms with Crippen molar-refractivity contribution < 1.29 is 18.9 Å². The van der Waals surface area contributed by atoms with E-state index in [1.165, 1.54) is 0 Å². The van der Waals surface area contributed by atoms with E-state index >= 15 is 0 Å². The first-order valence-electron chi connectivity index (χ1n) is 6.55. The average Bonchev–Trinajstić information content (AvgIpc) is 3.08. The van der Waals surface area contributed by atoms with E-state index in [9.17, 15) is 0 Å². The lowest BCUT2D eigenvalue weighted by atomic mass is 9.94. The number of hydrogen-bond donors (Lipinski definition) is 0. The maximum Gasteiger partial charge on any atom is 0.148 e. The van der Waals surface area contributed by atoms with Crippen molar-refractivity contribution >= 4 is 0 Å². The van der Waals surface area contributed by atoms with Gasteiger partial charge in [0.15, 0.2) is 0 Å². The monoisotopic (exact) mass is 263 g/mol. The Labute approximate surface area is 112 Å². The van der Waals surface area contributed by atoms with Gasteiger partial charge in [-0.3, -0.25) is 0 Å². The van der Waals surface area contributed by atoms with Crippen LogP contribution in [0.1, 0.15) is 12.5 Å². The molecule has 3 fully saturated rings. The van der Waals surface area contributed by atoms with E-state index < -0.39 is 5.60 Å². The number of ether oxygens (including phenoxy) is 4. The highest BCUT2D eigenvalue weighted by Gasteiger charge is 2.61. The minimum absolute atomic E-state index is 0.00583. The quantitative estimate of drug-likeness (QED) is 0.804. The molecule has 0 N–H and O–H groups in total. The molecular formula is C14H17NO4. The number of benzene rings is 1. The molecule has 3 heterocycles. The molecule has 5 heteroatoms. The molecule has 0 unspecified atom stereocenters. The van der Waals surface area contributed by atoms with E-state index in [-0.39, 0.29) is 18.7 Å². The minimum Gasteiger partial charge on any atom is -0.497 e. The third kappa shape index (κ3) is 1.50. The second-order valence-electron chi connectivity index (χ2n) is 5.33. The molecule has 0 amide bonds. The van der Waals surface area contributed by atoms with Gasteiger partial charge in [-0.2, -0.15) is 0 Å². The van der Waals surface area contributed by atoms with Crippen molar-refractivity contribution in [2.24, 2.45) is 0 Å². The number of rotatable bonds is 2. The summed E-state index contributed by atoms with van der Waals surface area (Å²) in [5.41, 5.74) is 0.601. The van der Waals surface area contributed by atoms with Crippen molar-refractivity contribution in [3.63, 3.8) is 0 Å². The first-order chi connectivity index (χ1) is 9.22. The highest BCUT2D eigenvalue weighted by atomic mass is 16.7. The van der Waals surface area contributed by atoms with Crippen LogP contribution in [0.2, 0.25) is 0 Å². The van der Waals surface area contributed by atoms with Crippen LogP contribution < -0.4 is 4.74 Å². The molecule has 0 spiro atoms. The van der Waals surface area contributed by atoms with E-state index in [4.69, 9.17) is 18.9 Å². The maximum atomic E-state index is 6.21. The van der Waals surface area contributed by atoms with Crippen molar-refractivity contribution in [2.75, 3.05) is 20.3 Å². The van der Waals surface area contributed by atoms with Crippen LogP contribution in [0.4, 0.5) is 0 Å². The molecule has 1 aromatic rings. The third-order valence-electron chi connectivity index (χ3n) is 4.26. The van der Waals surface area contributed by atoms with Gasteiger partial charge in [-0.25, -0.2) is 4.90 Å². The van der Waals surface area contributed by atoms with E-state index in [0.717, 1.165) is 11.3 Å². The Balaban J connectivity index is 1.73. The minimum atomic E-state index is -0.474. The molecule has 1 aromatic carbocycles. The van der Waals surface area contributed by atoms with E-state index in [1.54, 1.807) is 7.11 Å². The second-order valence-corrected chi connectivity index (χ2v) is 5.33. The van der Waals surface area contributed by atoms with Crippen molar-refractivity contribution in [3.8, 4) is 5.75 Å². The predicted octanol–water partition coefficient (Wildman–Crippen LogP) is 1.28. The molecule has 3 aliphatic rings. The summed E-state index contributed by atoms with van der Waals surface area (Å²) in [4.78, 5) is 2.19. The van der Waals surface area contributed by atoms with Crippen molar-refractivity contribution in [3.05, 3.63) is 29.8 Å². The lowest BCUT2D eigenvalue weighted by molar-refractivity contribution is -0.0899. The van der Waals surface area contributed by atoms with Crippen LogP contribution in [0.3, 0.4) is 0 Å². The fourth-order valence-electron chi connectivity index (χ4n) is 3.27. The van der Waals surface area contributed by atoms with Gasteiger partial charge >= 0.3 is 0 Å². The summed E-state index contributed by atoms with van der Waals surface area (Å²) in [7, 11) is 1.67. The summed E-state index contributed by atoms with van der Waals surface area (Å²) < 4.78 is 23.0. The van der Waals surface area contributed by atoms with Gasteiger partial charge in [-0.15, -0.1) is 0 Å². The van der Waals surface area contributed by atoms with Gasteiger partial charge in [0, 0.05) is 0 Å². The van der Waals surface area contributed by atoms with Gasteiger partial charge < -0.3 is 18.9 Å². The zero-order chi connectivity index (χ0) is 13.0. The number of methoxy groups -OCH3 is 1. The van der Waals surface area contributed by atoms with Crippen LogP contribution in [0.5, 0.6) is 5.75 Å². The van der Waals surface area contributed by atoms with Gasteiger partial charge in [-0.1, -0.05) is 12.1 Å². The standard InChI is InChI=1S/C14H17NO4/c1-14(9-4-3-5-10(6-9)16-2)13-15-11(7-18-13)17-8-12(15)19-14/h3-6,11-13H,7-8H2,1-2H3/t11-,12-,13-,14+/m0/s1. The molecule has 0 aliphatic carbocycles. The van der Waals surface area contributed by atoms with Gasteiger partial charge in [0.25, 0.3) is 0 Å². The van der Waals surface area contributed by atoms with Gasteiger partial charge in [0.05, 0.1) is 20.3 Å². The van der Waals surface area contributed by atoms with Crippen LogP contribution in [0.25, 0.3) is 0 Å². The largest absolute Gasteiger partial charge is 0.497 e. The summed E-state index contributed by atoms with van der Waals surface area (Å²) in [5, 5.41) is 0. The fraction of sp³-hybridized carbons (Fsp3) is 0.571. The lowest BCUT2D eigenvalue weighted by Crippen LogP contribution is -2.39. The normalized spacial score (nSPS) is 40.6. The molecule has 0 aromatic heterocycles. The summed E-state index contributed by atoms with van der Waals surface area (Å²) in [5.74, 6) is 0.834. The Kier molecular flexibility index (Phi) is 2.41. The molecular weight excluding hydrogens is 246 g/mol. The fourth-order valence-corrected chi connectivity index (χ4v) is 3.27. The van der Waals surface area contributed by atoms with Crippen LogP contribution in [0, 0.1) is 0 Å². The third-order valence-corrected chi connectivity index (χ3v) is 4.26. The highest BCUT2D eigenvalue weighted by molar-refractivity contribution is 5.34. The van der Waals surface area contributed by atoms with E-state index in [1.807, 2.05) is 18.2 Å². The zero-order valence-corrected chi connectivity index (χ0v) is 11.0. The van der Waals surface area contributed by atoms with Crippen LogP contribution in [-0.2, 0) is 19.8 Å². The Bertz CT molecular complexity index is 508. The lowest BCUT2D eigenvalue weighted by Gasteiger charge is -2.29. The molecule has 5 nitrogen and oxygen atoms in total. The highest BCUT2D eigenvalue weighted by Crippen LogP contribution is 2.48. The second kappa shape index (κ2) is 3.93. The molecule has 19 heavy (non-hydrogen) atoms. The van der Waals surface area contributed by atoms with Crippen LogP contribution in [-0.4, -0.2) is 43.9 Å². The van der Waals surface area contributed by atoms with Gasteiger partial charge in [0.1, 0.15) is 30.0 Å².